The summed E-state index contributed by atoms with van der Waals surface area (Å²) in [6.07, 6.45) is 1.15. The highest BCUT2D eigenvalue weighted by Crippen LogP contribution is 2.34. The van der Waals surface area contributed by atoms with Crippen molar-refractivity contribution < 1.29 is 19.8 Å². The second-order valence-electron chi connectivity index (χ2n) is 6.00. The van der Waals surface area contributed by atoms with Crippen LogP contribution in [0.5, 0.6) is 0 Å². The van der Waals surface area contributed by atoms with E-state index in [1.54, 1.807) is 11.8 Å². The van der Waals surface area contributed by atoms with Gasteiger partial charge in [0.05, 0.1) is 5.92 Å². The third-order valence-corrected chi connectivity index (χ3v) is 4.60. The highest BCUT2D eigenvalue weighted by Gasteiger charge is 2.39. The molecule has 0 aromatic heterocycles. The van der Waals surface area contributed by atoms with E-state index in [0.29, 0.717) is 19.4 Å². The number of carbonyl (C=O) groups excluding carboxylic acids is 1. The lowest BCUT2D eigenvalue weighted by atomic mass is 9.80. The van der Waals surface area contributed by atoms with Gasteiger partial charge in [0.15, 0.2) is 0 Å². The molecular weight excluding hydrogens is 282 g/mol. The minimum absolute atomic E-state index is 0.0318. The summed E-state index contributed by atoms with van der Waals surface area (Å²) in [7, 11) is 0. The first kappa shape index (κ1) is 16.5. The number of likely N-dealkylation sites (tertiary alicyclic amines) is 1. The Kier molecular flexibility index (Phi) is 5.19. The molecule has 1 aromatic carbocycles. The van der Waals surface area contributed by atoms with Gasteiger partial charge in [-0.2, -0.15) is 0 Å². The van der Waals surface area contributed by atoms with E-state index in [1.807, 2.05) is 24.3 Å². The third kappa shape index (κ3) is 3.47. The number of hydrogen-bond donors (Lipinski definition) is 2. The maximum absolute atomic E-state index is 11.8. The summed E-state index contributed by atoms with van der Waals surface area (Å²) in [5, 5.41) is 18.4. The maximum atomic E-state index is 11.8. The Balaban J connectivity index is 2.22. The Bertz CT molecular complexity index is 516. The number of carbonyl (C=O) groups is 2. The summed E-state index contributed by atoms with van der Waals surface area (Å²) in [6, 6.07) is 7.58. The van der Waals surface area contributed by atoms with Crippen LogP contribution in [0.3, 0.4) is 0 Å². The van der Waals surface area contributed by atoms with Crippen molar-refractivity contribution in [2.24, 2.45) is 5.92 Å². The van der Waals surface area contributed by atoms with Crippen LogP contribution in [0, 0.1) is 5.92 Å². The normalized spacial score (nSPS) is 25.0. The number of amides is 1. The van der Waals surface area contributed by atoms with Crippen LogP contribution >= 0.6 is 0 Å². The van der Waals surface area contributed by atoms with Gasteiger partial charge in [-0.05, 0) is 30.9 Å². The van der Waals surface area contributed by atoms with Crippen LogP contribution in [0.25, 0.3) is 0 Å². The van der Waals surface area contributed by atoms with Gasteiger partial charge in [-0.1, -0.05) is 24.3 Å². The summed E-state index contributed by atoms with van der Waals surface area (Å²) in [5.74, 6) is -1.44. The van der Waals surface area contributed by atoms with E-state index in [-0.39, 0.29) is 24.5 Å². The molecule has 3 unspecified atom stereocenters. The molecule has 1 aliphatic heterocycles. The largest absolute Gasteiger partial charge is 0.481 e. The SMILES string of the molecule is CC(=O)N1CC(c2ccc(CCO)cc2)CC(C(=O)O)C1C. The summed E-state index contributed by atoms with van der Waals surface area (Å²) in [5.41, 5.74) is 2.10. The van der Waals surface area contributed by atoms with E-state index < -0.39 is 11.9 Å². The van der Waals surface area contributed by atoms with Crippen molar-refractivity contribution in [2.75, 3.05) is 13.2 Å². The standard InChI is InChI=1S/C17H23NO4/c1-11-16(17(21)22)9-15(10-18(11)12(2)20)14-5-3-13(4-6-14)7-8-19/h3-6,11,15-16,19H,7-10H2,1-2H3,(H,21,22). The van der Waals surface area contributed by atoms with Gasteiger partial charge in [0, 0.05) is 32.0 Å². The van der Waals surface area contributed by atoms with Crippen molar-refractivity contribution in [3.63, 3.8) is 0 Å². The Morgan fingerprint density at radius 3 is 2.41 bits per heavy atom. The minimum atomic E-state index is -0.847. The van der Waals surface area contributed by atoms with E-state index >= 15 is 0 Å². The molecule has 5 heteroatoms. The number of aliphatic hydroxyl groups is 1. The van der Waals surface area contributed by atoms with Crippen LogP contribution < -0.4 is 0 Å². The second-order valence-corrected chi connectivity index (χ2v) is 6.00. The molecule has 0 spiro atoms. The molecule has 1 amide bonds. The van der Waals surface area contributed by atoms with Gasteiger partial charge in [-0.3, -0.25) is 9.59 Å². The highest BCUT2D eigenvalue weighted by atomic mass is 16.4. The number of aliphatic hydroxyl groups excluding tert-OH is 1. The molecule has 1 heterocycles. The lowest BCUT2D eigenvalue weighted by Crippen LogP contribution is -2.50. The molecule has 0 saturated carbocycles. The number of carboxylic acid groups (broad SMARTS) is 1. The molecule has 2 N–H and O–H groups in total. The van der Waals surface area contributed by atoms with E-state index in [0.717, 1.165) is 11.1 Å². The number of benzene rings is 1. The summed E-state index contributed by atoms with van der Waals surface area (Å²) in [6.45, 7) is 3.96. The van der Waals surface area contributed by atoms with Crippen molar-refractivity contribution in [3.05, 3.63) is 35.4 Å². The number of piperidine rings is 1. The second kappa shape index (κ2) is 6.92. The number of aliphatic carboxylic acids is 1. The first-order valence-corrected chi connectivity index (χ1v) is 7.63. The van der Waals surface area contributed by atoms with Crippen molar-refractivity contribution in [2.45, 2.75) is 38.6 Å². The van der Waals surface area contributed by atoms with Crippen LogP contribution in [0.15, 0.2) is 24.3 Å². The fraction of sp³-hybridized carbons (Fsp3) is 0.529. The first-order chi connectivity index (χ1) is 10.4. The quantitative estimate of drug-likeness (QED) is 0.886. The van der Waals surface area contributed by atoms with Gasteiger partial charge in [0.2, 0.25) is 5.91 Å². The van der Waals surface area contributed by atoms with E-state index in [4.69, 9.17) is 5.11 Å². The number of hydrogen-bond acceptors (Lipinski definition) is 3. The van der Waals surface area contributed by atoms with Crippen LogP contribution in [0.1, 0.15) is 37.3 Å². The molecule has 1 aliphatic rings. The molecule has 1 saturated heterocycles. The van der Waals surface area contributed by atoms with Crippen LogP contribution in [-0.2, 0) is 16.0 Å². The average Bonchev–Trinajstić information content (AvgIpc) is 2.48. The zero-order valence-corrected chi connectivity index (χ0v) is 13.0. The van der Waals surface area contributed by atoms with Gasteiger partial charge < -0.3 is 15.1 Å². The molecular formula is C17H23NO4. The zero-order valence-electron chi connectivity index (χ0n) is 13.0. The van der Waals surface area contributed by atoms with Crippen LogP contribution in [0.4, 0.5) is 0 Å². The van der Waals surface area contributed by atoms with Crippen LogP contribution in [0.2, 0.25) is 0 Å². The lowest BCUT2D eigenvalue weighted by Gasteiger charge is -2.41. The highest BCUT2D eigenvalue weighted by molar-refractivity contribution is 5.77. The summed E-state index contributed by atoms with van der Waals surface area (Å²) < 4.78 is 0. The predicted molar refractivity (Wildman–Crippen MR) is 82.6 cm³/mol. The van der Waals surface area contributed by atoms with Crippen molar-refractivity contribution >= 4 is 11.9 Å². The maximum Gasteiger partial charge on any atom is 0.308 e. The van der Waals surface area contributed by atoms with Gasteiger partial charge in [0.25, 0.3) is 0 Å². The van der Waals surface area contributed by atoms with E-state index in [9.17, 15) is 14.7 Å². The average molecular weight is 305 g/mol. The van der Waals surface area contributed by atoms with Gasteiger partial charge >= 0.3 is 5.97 Å². The number of rotatable bonds is 4. The Morgan fingerprint density at radius 1 is 1.27 bits per heavy atom. The molecule has 120 valence electrons. The Hall–Kier alpha value is -1.88. The van der Waals surface area contributed by atoms with Crippen molar-refractivity contribution in [1.29, 1.82) is 0 Å². The summed E-state index contributed by atoms with van der Waals surface area (Å²) in [4.78, 5) is 24.9. The topological polar surface area (TPSA) is 77.8 Å². The molecule has 0 radical (unpaired) electrons. The van der Waals surface area contributed by atoms with Crippen molar-refractivity contribution in [3.8, 4) is 0 Å². The smallest absolute Gasteiger partial charge is 0.308 e. The Morgan fingerprint density at radius 2 is 1.91 bits per heavy atom. The minimum Gasteiger partial charge on any atom is -0.481 e. The Labute approximate surface area is 130 Å². The van der Waals surface area contributed by atoms with E-state index in [1.165, 1.54) is 6.92 Å². The number of carboxylic acids is 1. The van der Waals surface area contributed by atoms with E-state index in [2.05, 4.69) is 0 Å². The zero-order chi connectivity index (χ0) is 16.3. The first-order valence-electron chi connectivity index (χ1n) is 7.63. The molecule has 22 heavy (non-hydrogen) atoms. The molecule has 5 nitrogen and oxygen atoms in total. The van der Waals surface area contributed by atoms with Crippen LogP contribution in [-0.4, -0.2) is 46.2 Å². The summed E-state index contributed by atoms with van der Waals surface area (Å²) >= 11 is 0. The number of nitrogens with zero attached hydrogens (tertiary/aromatic N) is 1. The molecule has 0 aliphatic carbocycles. The fourth-order valence-corrected chi connectivity index (χ4v) is 3.25. The van der Waals surface area contributed by atoms with Gasteiger partial charge in [-0.25, -0.2) is 0 Å². The fourth-order valence-electron chi connectivity index (χ4n) is 3.25. The molecule has 1 fully saturated rings. The monoisotopic (exact) mass is 305 g/mol. The van der Waals surface area contributed by atoms with Gasteiger partial charge in [-0.15, -0.1) is 0 Å². The molecule has 2 rings (SSSR count). The van der Waals surface area contributed by atoms with Gasteiger partial charge in [0.1, 0.15) is 0 Å². The third-order valence-electron chi connectivity index (χ3n) is 4.60. The molecule has 0 bridgehead atoms. The molecule has 1 aromatic rings. The predicted octanol–water partition coefficient (Wildman–Crippen LogP) is 1.65. The van der Waals surface area contributed by atoms with Crippen molar-refractivity contribution in [1.82, 2.24) is 4.90 Å². The lowest BCUT2D eigenvalue weighted by molar-refractivity contribution is -0.149. The molecule has 3 atom stereocenters.